The summed E-state index contributed by atoms with van der Waals surface area (Å²) in [6.45, 7) is -0.0334. The van der Waals surface area contributed by atoms with E-state index in [0.29, 0.717) is 11.4 Å². The fourth-order valence-corrected chi connectivity index (χ4v) is 1.65. The van der Waals surface area contributed by atoms with Gasteiger partial charge in [-0.15, -0.1) is 0 Å². The second-order valence-corrected chi connectivity index (χ2v) is 4.22. The van der Waals surface area contributed by atoms with E-state index in [1.54, 1.807) is 6.07 Å². The zero-order valence-electron chi connectivity index (χ0n) is 10.9. The van der Waals surface area contributed by atoms with Gasteiger partial charge in [-0.25, -0.2) is 4.39 Å². The number of non-ortho nitro benzene ring substituents is 1. The molecule has 2 aromatic rings. The van der Waals surface area contributed by atoms with Gasteiger partial charge in [0.05, 0.1) is 11.5 Å². The Labute approximate surface area is 119 Å². The van der Waals surface area contributed by atoms with Gasteiger partial charge in [-0.3, -0.25) is 14.9 Å². The first-order valence-corrected chi connectivity index (χ1v) is 6.08. The Hall–Kier alpha value is -2.96. The molecular formula is C14H12FN3O3. The zero-order chi connectivity index (χ0) is 15.2. The maximum atomic E-state index is 12.7. The lowest BCUT2D eigenvalue weighted by molar-refractivity contribution is -0.384. The van der Waals surface area contributed by atoms with Crippen LogP contribution in [-0.2, 0) is 4.79 Å². The predicted octanol–water partition coefficient (Wildman–Crippen LogP) is 2.78. The van der Waals surface area contributed by atoms with Crippen LogP contribution >= 0.6 is 0 Å². The first-order valence-electron chi connectivity index (χ1n) is 6.08. The first kappa shape index (κ1) is 14.4. The number of hydrogen-bond acceptors (Lipinski definition) is 4. The molecule has 0 radical (unpaired) electrons. The number of nitrogens with one attached hydrogen (secondary N) is 2. The molecule has 2 rings (SSSR count). The van der Waals surface area contributed by atoms with Crippen LogP contribution in [0.3, 0.4) is 0 Å². The Morgan fingerprint density at radius 2 is 1.86 bits per heavy atom. The van der Waals surface area contributed by atoms with Crippen LogP contribution in [0.5, 0.6) is 0 Å². The van der Waals surface area contributed by atoms with Gasteiger partial charge >= 0.3 is 0 Å². The average molecular weight is 289 g/mol. The van der Waals surface area contributed by atoms with Crippen LogP contribution in [0.4, 0.5) is 21.5 Å². The van der Waals surface area contributed by atoms with E-state index in [1.807, 2.05) is 0 Å². The third-order valence-corrected chi connectivity index (χ3v) is 2.64. The highest BCUT2D eigenvalue weighted by Crippen LogP contribution is 2.17. The van der Waals surface area contributed by atoms with Crippen LogP contribution in [0.2, 0.25) is 0 Å². The number of carbonyl (C=O) groups is 1. The number of nitro benzene ring substituents is 1. The SMILES string of the molecule is O=C(CNc1ccc(F)cc1)Nc1cccc([N+](=O)[O-])c1. The summed E-state index contributed by atoms with van der Waals surface area (Å²) < 4.78 is 12.7. The molecule has 0 saturated carbocycles. The van der Waals surface area contributed by atoms with Crippen LogP contribution in [0, 0.1) is 15.9 Å². The molecule has 0 bridgehead atoms. The molecule has 6 nitrogen and oxygen atoms in total. The fraction of sp³-hybridized carbons (Fsp3) is 0.0714. The molecule has 0 unspecified atom stereocenters. The second-order valence-electron chi connectivity index (χ2n) is 4.22. The van der Waals surface area contributed by atoms with Crippen LogP contribution in [0.25, 0.3) is 0 Å². The van der Waals surface area contributed by atoms with E-state index in [2.05, 4.69) is 10.6 Å². The summed E-state index contributed by atoms with van der Waals surface area (Å²) in [4.78, 5) is 21.8. The quantitative estimate of drug-likeness (QED) is 0.654. The molecule has 2 N–H and O–H groups in total. The molecule has 0 saturated heterocycles. The molecule has 7 heteroatoms. The van der Waals surface area contributed by atoms with Gasteiger partial charge in [-0.2, -0.15) is 0 Å². The lowest BCUT2D eigenvalue weighted by Crippen LogP contribution is -2.21. The zero-order valence-corrected chi connectivity index (χ0v) is 10.9. The van der Waals surface area contributed by atoms with Crippen molar-refractivity contribution in [2.24, 2.45) is 0 Å². The van der Waals surface area contributed by atoms with Gasteiger partial charge in [0.2, 0.25) is 5.91 Å². The Morgan fingerprint density at radius 3 is 2.52 bits per heavy atom. The minimum Gasteiger partial charge on any atom is -0.376 e. The van der Waals surface area contributed by atoms with Crippen molar-refractivity contribution in [3.63, 3.8) is 0 Å². The smallest absolute Gasteiger partial charge is 0.271 e. The normalized spacial score (nSPS) is 9.95. The highest BCUT2D eigenvalue weighted by atomic mass is 19.1. The van der Waals surface area contributed by atoms with Gasteiger partial charge < -0.3 is 10.6 Å². The molecule has 2 aromatic carbocycles. The third kappa shape index (κ3) is 4.27. The number of halogens is 1. The van der Waals surface area contributed by atoms with Gasteiger partial charge in [-0.1, -0.05) is 6.07 Å². The van der Waals surface area contributed by atoms with E-state index in [9.17, 15) is 19.3 Å². The summed E-state index contributed by atoms with van der Waals surface area (Å²) in [6.07, 6.45) is 0. The van der Waals surface area contributed by atoms with E-state index in [-0.39, 0.29) is 24.0 Å². The highest BCUT2D eigenvalue weighted by molar-refractivity contribution is 5.94. The molecule has 1 amide bonds. The topological polar surface area (TPSA) is 84.3 Å². The Kier molecular flexibility index (Phi) is 4.45. The lowest BCUT2D eigenvalue weighted by atomic mass is 10.3. The summed E-state index contributed by atoms with van der Waals surface area (Å²) in [5.41, 5.74) is 0.847. The molecule has 0 aliphatic heterocycles. The van der Waals surface area contributed by atoms with Crippen LogP contribution in [-0.4, -0.2) is 17.4 Å². The van der Waals surface area contributed by atoms with Crippen molar-refractivity contribution in [3.8, 4) is 0 Å². The summed E-state index contributed by atoms with van der Waals surface area (Å²) in [7, 11) is 0. The fourth-order valence-electron chi connectivity index (χ4n) is 1.65. The highest BCUT2D eigenvalue weighted by Gasteiger charge is 2.08. The molecule has 0 spiro atoms. The lowest BCUT2D eigenvalue weighted by Gasteiger charge is -2.07. The van der Waals surface area contributed by atoms with E-state index in [1.165, 1.54) is 42.5 Å². The number of benzene rings is 2. The second kappa shape index (κ2) is 6.47. The number of rotatable bonds is 5. The summed E-state index contributed by atoms with van der Waals surface area (Å²) in [6, 6.07) is 11.2. The maximum Gasteiger partial charge on any atom is 0.271 e. The van der Waals surface area contributed by atoms with Gasteiger partial charge in [0.1, 0.15) is 5.82 Å². The Morgan fingerprint density at radius 1 is 1.14 bits per heavy atom. The summed E-state index contributed by atoms with van der Waals surface area (Å²) >= 11 is 0. The van der Waals surface area contributed by atoms with Gasteiger partial charge in [0.15, 0.2) is 0 Å². The van der Waals surface area contributed by atoms with Crippen molar-refractivity contribution in [1.29, 1.82) is 0 Å². The van der Waals surface area contributed by atoms with Crippen LogP contribution in [0.15, 0.2) is 48.5 Å². The largest absolute Gasteiger partial charge is 0.376 e. The van der Waals surface area contributed by atoms with Crippen molar-refractivity contribution in [2.75, 3.05) is 17.2 Å². The summed E-state index contributed by atoms with van der Waals surface area (Å²) in [5.74, 6) is -0.721. The van der Waals surface area contributed by atoms with E-state index in [4.69, 9.17) is 0 Å². The molecule has 0 heterocycles. The Balaban J connectivity index is 1.91. The monoisotopic (exact) mass is 289 g/mol. The van der Waals surface area contributed by atoms with E-state index in [0.717, 1.165) is 0 Å². The average Bonchev–Trinajstić information content (AvgIpc) is 2.47. The van der Waals surface area contributed by atoms with Crippen molar-refractivity contribution in [1.82, 2.24) is 0 Å². The first-order chi connectivity index (χ1) is 10.0. The standard InChI is InChI=1S/C14H12FN3O3/c15-10-4-6-11(7-5-10)16-9-14(19)17-12-2-1-3-13(8-12)18(20)21/h1-8,16H,9H2,(H,17,19). The minimum atomic E-state index is -0.535. The van der Waals surface area contributed by atoms with Gasteiger partial charge in [0.25, 0.3) is 5.69 Å². The number of nitro groups is 1. The van der Waals surface area contributed by atoms with E-state index < -0.39 is 4.92 Å². The van der Waals surface area contributed by atoms with Crippen molar-refractivity contribution in [3.05, 3.63) is 64.5 Å². The number of anilines is 2. The van der Waals surface area contributed by atoms with Gasteiger partial charge in [0, 0.05) is 23.5 Å². The Bertz CT molecular complexity index is 659. The molecule has 0 aliphatic carbocycles. The molecule has 0 atom stereocenters. The van der Waals surface area contributed by atoms with Crippen molar-refractivity contribution < 1.29 is 14.1 Å². The maximum absolute atomic E-state index is 12.7. The van der Waals surface area contributed by atoms with Gasteiger partial charge in [-0.05, 0) is 30.3 Å². The number of amides is 1. The van der Waals surface area contributed by atoms with Crippen LogP contribution < -0.4 is 10.6 Å². The summed E-state index contributed by atoms with van der Waals surface area (Å²) in [5, 5.41) is 16.0. The molecule has 0 fully saturated rings. The minimum absolute atomic E-state index is 0.0334. The van der Waals surface area contributed by atoms with Crippen molar-refractivity contribution >= 4 is 23.0 Å². The number of hydrogen-bond donors (Lipinski definition) is 2. The van der Waals surface area contributed by atoms with Crippen LogP contribution in [0.1, 0.15) is 0 Å². The van der Waals surface area contributed by atoms with Crippen molar-refractivity contribution in [2.45, 2.75) is 0 Å². The molecule has 0 aliphatic rings. The predicted molar refractivity (Wildman–Crippen MR) is 76.6 cm³/mol. The molecule has 0 aromatic heterocycles. The third-order valence-electron chi connectivity index (χ3n) is 2.64. The number of carbonyl (C=O) groups excluding carboxylic acids is 1. The van der Waals surface area contributed by atoms with E-state index >= 15 is 0 Å². The molecular weight excluding hydrogens is 277 g/mol. The molecule has 21 heavy (non-hydrogen) atoms. The number of nitrogens with zero attached hydrogens (tertiary/aromatic N) is 1. The molecule has 108 valence electrons.